The lowest BCUT2D eigenvalue weighted by atomic mass is 10.2. The minimum atomic E-state index is 0.592. The number of fused-ring (bicyclic) bond motifs is 1. The van der Waals surface area contributed by atoms with Gasteiger partial charge in [0.1, 0.15) is 16.9 Å². The van der Waals surface area contributed by atoms with Crippen molar-refractivity contribution in [2.24, 2.45) is 0 Å². The van der Waals surface area contributed by atoms with Crippen molar-refractivity contribution < 1.29 is 4.74 Å². The van der Waals surface area contributed by atoms with Gasteiger partial charge in [0.05, 0.1) is 18.9 Å². The molecule has 5 N–H and O–H groups in total. The van der Waals surface area contributed by atoms with Crippen LogP contribution in [0.25, 0.3) is 11.0 Å². The highest BCUT2D eigenvalue weighted by Crippen LogP contribution is 2.24. The van der Waals surface area contributed by atoms with Gasteiger partial charge in [-0.1, -0.05) is 0 Å². The van der Waals surface area contributed by atoms with Crippen LogP contribution in [0.1, 0.15) is 6.42 Å². The molecule has 9 heteroatoms. The van der Waals surface area contributed by atoms with E-state index in [0.717, 1.165) is 68.4 Å². The summed E-state index contributed by atoms with van der Waals surface area (Å²) in [7, 11) is 0. The summed E-state index contributed by atoms with van der Waals surface area (Å²) in [6.07, 6.45) is 1.05. The smallest absolute Gasteiger partial charge is 0.156 e. The Labute approximate surface area is 157 Å². The molecule has 27 heavy (non-hydrogen) atoms. The number of nitrogens with zero attached hydrogens (tertiary/aromatic N) is 4. The predicted octanol–water partition coefficient (Wildman–Crippen LogP) is 1.81. The van der Waals surface area contributed by atoms with Crippen molar-refractivity contribution >= 4 is 34.0 Å². The number of ether oxygens (including phenoxy) is 1. The molecule has 142 valence electrons. The molecule has 0 bridgehead atoms. The summed E-state index contributed by atoms with van der Waals surface area (Å²) in [5.41, 5.74) is 9.13. The van der Waals surface area contributed by atoms with Crippen LogP contribution in [0.4, 0.5) is 23.0 Å². The maximum atomic E-state index is 6.08. The number of morpholine rings is 1. The Kier molecular flexibility index (Phi) is 5.31. The molecule has 0 saturated carbocycles. The number of aromatic amines is 1. The Balaban J connectivity index is 1.34. The molecule has 0 amide bonds. The van der Waals surface area contributed by atoms with Crippen molar-refractivity contribution in [3.63, 3.8) is 0 Å². The fourth-order valence-corrected chi connectivity index (χ4v) is 3.07. The first kappa shape index (κ1) is 17.5. The minimum Gasteiger partial charge on any atom is -0.396 e. The summed E-state index contributed by atoms with van der Waals surface area (Å²) in [6, 6.07) is 9.48. The monoisotopic (exact) mass is 368 g/mol. The Morgan fingerprint density at radius 3 is 2.85 bits per heavy atom. The second-order valence-corrected chi connectivity index (χ2v) is 6.52. The SMILES string of the molecule is Nc1ccc(NCCCN2CCOCC2)nc1Nc1ccc2n[nH]nc2c1. The summed E-state index contributed by atoms with van der Waals surface area (Å²) < 4.78 is 5.37. The van der Waals surface area contributed by atoms with Crippen LogP contribution in [0.2, 0.25) is 0 Å². The molecule has 1 aliphatic rings. The second-order valence-electron chi connectivity index (χ2n) is 6.52. The summed E-state index contributed by atoms with van der Waals surface area (Å²) in [6.45, 7) is 5.63. The number of nitrogens with one attached hydrogen (secondary N) is 3. The third-order valence-corrected chi connectivity index (χ3v) is 4.57. The van der Waals surface area contributed by atoms with E-state index in [9.17, 15) is 0 Å². The van der Waals surface area contributed by atoms with Gasteiger partial charge in [0.2, 0.25) is 0 Å². The van der Waals surface area contributed by atoms with E-state index in [1.165, 1.54) is 0 Å². The number of anilines is 4. The minimum absolute atomic E-state index is 0.592. The molecular formula is C18H24N8O. The summed E-state index contributed by atoms with van der Waals surface area (Å²) >= 11 is 0. The van der Waals surface area contributed by atoms with E-state index >= 15 is 0 Å². The Bertz CT molecular complexity index is 890. The van der Waals surface area contributed by atoms with Gasteiger partial charge in [-0.2, -0.15) is 15.4 Å². The van der Waals surface area contributed by atoms with Gasteiger partial charge in [0.15, 0.2) is 5.82 Å². The van der Waals surface area contributed by atoms with Gasteiger partial charge in [-0.25, -0.2) is 4.98 Å². The first-order valence-corrected chi connectivity index (χ1v) is 9.16. The van der Waals surface area contributed by atoms with Gasteiger partial charge >= 0.3 is 0 Å². The zero-order valence-electron chi connectivity index (χ0n) is 15.1. The molecule has 1 saturated heterocycles. The number of benzene rings is 1. The maximum Gasteiger partial charge on any atom is 0.156 e. The predicted molar refractivity (Wildman–Crippen MR) is 106 cm³/mol. The molecular weight excluding hydrogens is 344 g/mol. The van der Waals surface area contributed by atoms with Crippen LogP contribution in [0.3, 0.4) is 0 Å². The van der Waals surface area contributed by atoms with Gasteiger partial charge in [0.25, 0.3) is 0 Å². The number of pyridine rings is 1. The van der Waals surface area contributed by atoms with Crippen molar-refractivity contribution in [1.82, 2.24) is 25.3 Å². The number of hydrogen-bond donors (Lipinski definition) is 4. The highest BCUT2D eigenvalue weighted by molar-refractivity contribution is 5.80. The molecule has 9 nitrogen and oxygen atoms in total. The van der Waals surface area contributed by atoms with Gasteiger partial charge < -0.3 is 21.1 Å². The van der Waals surface area contributed by atoms with Crippen LogP contribution in [0.15, 0.2) is 30.3 Å². The molecule has 1 fully saturated rings. The van der Waals surface area contributed by atoms with E-state index in [2.05, 4.69) is 35.9 Å². The first-order chi connectivity index (χ1) is 13.3. The van der Waals surface area contributed by atoms with E-state index in [0.29, 0.717) is 11.5 Å². The molecule has 3 aromatic rings. The fourth-order valence-electron chi connectivity index (χ4n) is 3.07. The molecule has 2 aromatic heterocycles. The number of aromatic nitrogens is 4. The lowest BCUT2D eigenvalue weighted by molar-refractivity contribution is 0.0378. The molecule has 0 radical (unpaired) electrons. The second kappa shape index (κ2) is 8.19. The fraction of sp³-hybridized carbons (Fsp3) is 0.389. The van der Waals surface area contributed by atoms with Crippen molar-refractivity contribution in [1.29, 1.82) is 0 Å². The highest BCUT2D eigenvalue weighted by atomic mass is 16.5. The largest absolute Gasteiger partial charge is 0.396 e. The zero-order valence-corrected chi connectivity index (χ0v) is 15.1. The van der Waals surface area contributed by atoms with Gasteiger partial charge in [-0.05, 0) is 43.3 Å². The van der Waals surface area contributed by atoms with Crippen LogP contribution in [-0.2, 0) is 4.74 Å². The zero-order chi connectivity index (χ0) is 18.5. The van der Waals surface area contributed by atoms with Crippen molar-refractivity contribution in [3.05, 3.63) is 30.3 Å². The topological polar surface area (TPSA) is 117 Å². The summed E-state index contributed by atoms with van der Waals surface area (Å²) in [4.78, 5) is 7.02. The van der Waals surface area contributed by atoms with Crippen LogP contribution in [0, 0.1) is 0 Å². The standard InChI is InChI=1S/C18H24N8O/c19-14-3-5-17(20-6-1-7-26-8-10-27-11-9-26)22-18(14)21-13-2-4-15-16(12-13)24-25-23-15/h2-5,12H,1,6-11,19H2,(H2,20,21,22)(H,23,24,25). The number of nitrogen functional groups attached to an aromatic ring is 1. The third kappa shape index (κ3) is 4.44. The quantitative estimate of drug-likeness (QED) is 0.467. The molecule has 1 aliphatic heterocycles. The molecule has 0 aliphatic carbocycles. The van der Waals surface area contributed by atoms with Crippen LogP contribution >= 0.6 is 0 Å². The molecule has 0 spiro atoms. The Morgan fingerprint density at radius 1 is 1.11 bits per heavy atom. The summed E-state index contributed by atoms with van der Waals surface area (Å²) in [5, 5.41) is 17.4. The lowest BCUT2D eigenvalue weighted by Crippen LogP contribution is -2.37. The normalized spacial score (nSPS) is 15.1. The lowest BCUT2D eigenvalue weighted by Gasteiger charge is -2.26. The van der Waals surface area contributed by atoms with Gasteiger partial charge in [-0.15, -0.1) is 0 Å². The van der Waals surface area contributed by atoms with Crippen molar-refractivity contribution in [2.45, 2.75) is 6.42 Å². The van der Waals surface area contributed by atoms with Gasteiger partial charge in [0, 0.05) is 25.3 Å². The molecule has 3 heterocycles. The van der Waals surface area contributed by atoms with E-state index in [1.807, 2.05) is 30.3 Å². The van der Waals surface area contributed by atoms with Crippen LogP contribution in [0.5, 0.6) is 0 Å². The Hall–Kier alpha value is -2.91. The number of rotatable bonds is 7. The first-order valence-electron chi connectivity index (χ1n) is 9.16. The third-order valence-electron chi connectivity index (χ3n) is 4.57. The maximum absolute atomic E-state index is 6.08. The van der Waals surface area contributed by atoms with Crippen LogP contribution < -0.4 is 16.4 Å². The average molecular weight is 368 g/mol. The highest BCUT2D eigenvalue weighted by Gasteiger charge is 2.09. The van der Waals surface area contributed by atoms with Crippen molar-refractivity contribution in [2.75, 3.05) is 55.8 Å². The Morgan fingerprint density at radius 2 is 1.96 bits per heavy atom. The van der Waals surface area contributed by atoms with Gasteiger partial charge in [-0.3, -0.25) is 4.90 Å². The van der Waals surface area contributed by atoms with Crippen molar-refractivity contribution in [3.8, 4) is 0 Å². The number of H-pyrrole nitrogens is 1. The molecule has 0 atom stereocenters. The molecule has 0 unspecified atom stereocenters. The van der Waals surface area contributed by atoms with E-state index < -0.39 is 0 Å². The van der Waals surface area contributed by atoms with E-state index in [1.54, 1.807) is 0 Å². The van der Waals surface area contributed by atoms with Crippen LogP contribution in [-0.4, -0.2) is 64.7 Å². The number of hydrogen-bond acceptors (Lipinski definition) is 8. The average Bonchev–Trinajstić information content (AvgIpc) is 3.16. The molecule has 4 rings (SSSR count). The number of nitrogens with two attached hydrogens (primary N) is 1. The summed E-state index contributed by atoms with van der Waals surface area (Å²) in [5.74, 6) is 1.42. The molecule has 1 aromatic carbocycles. The van der Waals surface area contributed by atoms with E-state index in [4.69, 9.17) is 10.5 Å². The van der Waals surface area contributed by atoms with E-state index in [-0.39, 0.29) is 0 Å².